The molecule has 94 valence electrons. The van der Waals surface area contributed by atoms with E-state index in [0.717, 1.165) is 5.92 Å². The summed E-state index contributed by atoms with van der Waals surface area (Å²) < 4.78 is 1.33. The van der Waals surface area contributed by atoms with Crippen molar-refractivity contribution in [3.8, 4) is 10.4 Å². The predicted molar refractivity (Wildman–Crippen MR) is 86.9 cm³/mol. The van der Waals surface area contributed by atoms with Gasteiger partial charge in [0.25, 0.3) is 0 Å². The van der Waals surface area contributed by atoms with Crippen molar-refractivity contribution in [3.63, 3.8) is 0 Å². The molecule has 2 aromatic rings. The standard InChI is InChI=1S/C15H16INS/c1-9-11(3-2-4-12(9)16)13-7-8-14(18-13)15(17)10-5-6-10/h2-4,7-8,10,15H,5-6,17H2,1H3. The van der Waals surface area contributed by atoms with Crippen LogP contribution in [0.5, 0.6) is 0 Å². The average Bonchev–Trinajstić information content (AvgIpc) is 3.10. The van der Waals surface area contributed by atoms with Crippen LogP contribution in [-0.4, -0.2) is 0 Å². The lowest BCUT2D eigenvalue weighted by atomic mass is 10.1. The number of benzene rings is 1. The number of hydrogen-bond acceptors (Lipinski definition) is 2. The summed E-state index contributed by atoms with van der Waals surface area (Å²) in [5.41, 5.74) is 8.98. The minimum atomic E-state index is 0.256. The van der Waals surface area contributed by atoms with Gasteiger partial charge in [-0.25, -0.2) is 0 Å². The predicted octanol–water partition coefficient (Wildman–Crippen LogP) is 4.74. The van der Waals surface area contributed by atoms with Gasteiger partial charge in [-0.2, -0.15) is 0 Å². The Morgan fingerprint density at radius 1 is 1.28 bits per heavy atom. The van der Waals surface area contributed by atoms with E-state index in [4.69, 9.17) is 5.73 Å². The molecule has 0 spiro atoms. The summed E-state index contributed by atoms with van der Waals surface area (Å²) >= 11 is 4.25. The van der Waals surface area contributed by atoms with Crippen LogP contribution >= 0.6 is 33.9 Å². The van der Waals surface area contributed by atoms with Gasteiger partial charge < -0.3 is 5.73 Å². The van der Waals surface area contributed by atoms with Crippen molar-refractivity contribution in [2.24, 2.45) is 11.7 Å². The highest BCUT2D eigenvalue weighted by atomic mass is 127. The lowest BCUT2D eigenvalue weighted by Gasteiger charge is -2.07. The van der Waals surface area contributed by atoms with Crippen LogP contribution in [0.1, 0.15) is 29.3 Å². The molecular weight excluding hydrogens is 353 g/mol. The van der Waals surface area contributed by atoms with Crippen molar-refractivity contribution in [2.75, 3.05) is 0 Å². The molecule has 1 saturated carbocycles. The Balaban J connectivity index is 1.94. The number of hydrogen-bond donors (Lipinski definition) is 1. The van der Waals surface area contributed by atoms with Crippen molar-refractivity contribution in [2.45, 2.75) is 25.8 Å². The summed E-state index contributed by atoms with van der Waals surface area (Å²) in [4.78, 5) is 2.68. The molecule has 3 heteroatoms. The smallest absolute Gasteiger partial charge is 0.0418 e. The monoisotopic (exact) mass is 369 g/mol. The first-order valence-corrected chi connectivity index (χ1v) is 8.17. The third-order valence-electron chi connectivity index (χ3n) is 3.62. The first-order chi connectivity index (χ1) is 8.66. The molecule has 18 heavy (non-hydrogen) atoms. The normalized spacial score (nSPS) is 16.8. The molecule has 1 aromatic carbocycles. The zero-order valence-electron chi connectivity index (χ0n) is 10.3. The van der Waals surface area contributed by atoms with Gasteiger partial charge in [0.15, 0.2) is 0 Å². The van der Waals surface area contributed by atoms with Crippen molar-refractivity contribution in [1.29, 1.82) is 0 Å². The topological polar surface area (TPSA) is 26.0 Å². The summed E-state index contributed by atoms with van der Waals surface area (Å²) in [5.74, 6) is 0.730. The largest absolute Gasteiger partial charge is 0.323 e. The number of halogens is 1. The van der Waals surface area contributed by atoms with Gasteiger partial charge >= 0.3 is 0 Å². The molecule has 3 rings (SSSR count). The van der Waals surface area contributed by atoms with Crippen molar-refractivity contribution in [3.05, 3.63) is 44.3 Å². The third-order valence-corrected chi connectivity index (χ3v) is 6.01. The molecule has 0 amide bonds. The minimum Gasteiger partial charge on any atom is -0.323 e. The Morgan fingerprint density at radius 2 is 2.06 bits per heavy atom. The molecule has 1 aromatic heterocycles. The zero-order chi connectivity index (χ0) is 12.7. The lowest BCUT2D eigenvalue weighted by molar-refractivity contribution is 0.645. The van der Waals surface area contributed by atoms with E-state index in [-0.39, 0.29) is 6.04 Å². The Labute approximate surface area is 126 Å². The fraction of sp³-hybridized carbons (Fsp3) is 0.333. The van der Waals surface area contributed by atoms with Crippen molar-refractivity contribution >= 4 is 33.9 Å². The van der Waals surface area contributed by atoms with E-state index in [2.05, 4.69) is 59.8 Å². The maximum atomic E-state index is 6.27. The highest BCUT2D eigenvalue weighted by Gasteiger charge is 2.30. The summed E-state index contributed by atoms with van der Waals surface area (Å²) in [7, 11) is 0. The summed E-state index contributed by atoms with van der Waals surface area (Å²) in [6.07, 6.45) is 2.60. The second-order valence-electron chi connectivity index (χ2n) is 4.98. The van der Waals surface area contributed by atoms with E-state index in [0.29, 0.717) is 0 Å². The average molecular weight is 369 g/mol. The van der Waals surface area contributed by atoms with Crippen LogP contribution in [0, 0.1) is 16.4 Å². The highest BCUT2D eigenvalue weighted by Crippen LogP contribution is 2.43. The number of nitrogens with two attached hydrogens (primary N) is 1. The summed E-state index contributed by atoms with van der Waals surface area (Å²) in [6.45, 7) is 2.19. The zero-order valence-corrected chi connectivity index (χ0v) is 13.3. The molecule has 1 atom stereocenters. The molecule has 1 fully saturated rings. The Kier molecular flexibility index (Phi) is 3.47. The lowest BCUT2D eigenvalue weighted by Crippen LogP contribution is -2.10. The number of rotatable bonds is 3. The molecule has 0 aliphatic heterocycles. The van der Waals surface area contributed by atoms with E-state index < -0.39 is 0 Å². The Bertz CT molecular complexity index is 572. The molecule has 1 aliphatic carbocycles. The molecule has 1 nitrogen and oxygen atoms in total. The highest BCUT2D eigenvalue weighted by molar-refractivity contribution is 14.1. The van der Waals surface area contributed by atoms with E-state index in [1.165, 1.54) is 37.3 Å². The maximum absolute atomic E-state index is 6.27. The summed E-state index contributed by atoms with van der Waals surface area (Å²) in [5, 5.41) is 0. The van der Waals surface area contributed by atoms with Gasteiger partial charge in [-0.05, 0) is 77.6 Å². The van der Waals surface area contributed by atoms with Crippen LogP contribution in [0.15, 0.2) is 30.3 Å². The number of thiophene rings is 1. The van der Waals surface area contributed by atoms with Gasteiger partial charge in [0.2, 0.25) is 0 Å². The van der Waals surface area contributed by atoms with Crippen molar-refractivity contribution in [1.82, 2.24) is 0 Å². The fourth-order valence-corrected chi connectivity index (χ4v) is 3.92. The quantitative estimate of drug-likeness (QED) is 0.778. The van der Waals surface area contributed by atoms with E-state index >= 15 is 0 Å². The molecule has 1 aliphatic rings. The van der Waals surface area contributed by atoms with Gasteiger partial charge in [0, 0.05) is 19.4 Å². The Hall–Kier alpha value is -0.390. The molecule has 0 bridgehead atoms. The van der Waals surface area contributed by atoms with Crippen LogP contribution in [0.2, 0.25) is 0 Å². The van der Waals surface area contributed by atoms with E-state index in [9.17, 15) is 0 Å². The van der Waals surface area contributed by atoms with Crippen LogP contribution in [0.3, 0.4) is 0 Å². The molecule has 1 heterocycles. The first-order valence-electron chi connectivity index (χ1n) is 6.27. The fourth-order valence-electron chi connectivity index (χ4n) is 2.24. The van der Waals surface area contributed by atoms with Gasteiger partial charge in [-0.3, -0.25) is 0 Å². The maximum Gasteiger partial charge on any atom is 0.0418 e. The summed E-state index contributed by atoms with van der Waals surface area (Å²) in [6, 6.07) is 11.2. The SMILES string of the molecule is Cc1c(I)cccc1-c1ccc(C(N)C2CC2)s1. The van der Waals surface area contributed by atoms with E-state index in [1.54, 1.807) is 0 Å². The van der Waals surface area contributed by atoms with Crippen LogP contribution in [0.25, 0.3) is 10.4 Å². The van der Waals surface area contributed by atoms with Gasteiger partial charge in [0.1, 0.15) is 0 Å². The van der Waals surface area contributed by atoms with Gasteiger partial charge in [0.05, 0.1) is 0 Å². The molecule has 1 unspecified atom stereocenters. The van der Waals surface area contributed by atoms with E-state index in [1.807, 2.05) is 11.3 Å². The van der Waals surface area contributed by atoms with Gasteiger partial charge in [-0.15, -0.1) is 11.3 Å². The third kappa shape index (κ3) is 2.36. The minimum absolute atomic E-state index is 0.256. The molecule has 2 N–H and O–H groups in total. The van der Waals surface area contributed by atoms with Gasteiger partial charge in [-0.1, -0.05) is 12.1 Å². The molecular formula is C15H16INS. The Morgan fingerprint density at radius 3 is 2.78 bits per heavy atom. The van der Waals surface area contributed by atoms with Crippen LogP contribution in [-0.2, 0) is 0 Å². The molecule has 0 saturated heterocycles. The van der Waals surface area contributed by atoms with Crippen LogP contribution in [0.4, 0.5) is 0 Å². The van der Waals surface area contributed by atoms with Crippen LogP contribution < -0.4 is 5.73 Å². The first kappa shape index (κ1) is 12.6. The second-order valence-corrected chi connectivity index (χ2v) is 7.26. The molecule has 0 radical (unpaired) electrons. The van der Waals surface area contributed by atoms with Crippen molar-refractivity contribution < 1.29 is 0 Å². The second kappa shape index (κ2) is 4.94.